The summed E-state index contributed by atoms with van der Waals surface area (Å²) in [7, 11) is 0. The van der Waals surface area contributed by atoms with Crippen LogP contribution in [0.2, 0.25) is 0 Å². The van der Waals surface area contributed by atoms with Crippen molar-refractivity contribution >= 4 is 5.97 Å². The first kappa shape index (κ1) is 9.60. The molecule has 1 aliphatic carbocycles. The van der Waals surface area contributed by atoms with Gasteiger partial charge in [-0.15, -0.1) is 0 Å². The Bertz CT molecular complexity index is 249. The minimum Gasteiger partial charge on any atom is -0.462 e. The van der Waals surface area contributed by atoms with Gasteiger partial charge in [0.1, 0.15) is 6.10 Å². The van der Waals surface area contributed by atoms with Crippen molar-refractivity contribution in [3.8, 4) is 0 Å². The van der Waals surface area contributed by atoms with Crippen LogP contribution in [0.1, 0.15) is 19.3 Å². The van der Waals surface area contributed by atoms with Crippen molar-refractivity contribution in [1.29, 1.82) is 0 Å². The van der Waals surface area contributed by atoms with Gasteiger partial charge in [-0.3, -0.25) is 4.79 Å². The summed E-state index contributed by atoms with van der Waals surface area (Å²) in [6.45, 7) is 2.46. The highest BCUT2D eigenvalue weighted by atomic mass is 16.6. The maximum atomic E-state index is 11.9. The molecule has 4 fully saturated rings. The normalized spacial score (nSPS) is 39.9. The minimum atomic E-state index is 0.0214. The van der Waals surface area contributed by atoms with E-state index < -0.39 is 0 Å². The second-order valence-corrected chi connectivity index (χ2v) is 4.78. The summed E-state index contributed by atoms with van der Waals surface area (Å²) in [5.74, 6) is 0.711. The lowest BCUT2D eigenvalue weighted by atomic mass is 9.74. The predicted molar refractivity (Wildman–Crippen MR) is 53.3 cm³/mol. The van der Waals surface area contributed by atoms with Gasteiger partial charge in [0.2, 0.25) is 0 Å². The van der Waals surface area contributed by atoms with E-state index in [9.17, 15) is 4.79 Å². The van der Waals surface area contributed by atoms with Crippen LogP contribution in [0.4, 0.5) is 0 Å². The Balaban J connectivity index is 1.52. The smallest absolute Gasteiger partial charge is 0.311 e. The molecule has 2 bridgehead atoms. The Kier molecular flexibility index (Phi) is 2.41. The van der Waals surface area contributed by atoms with Crippen molar-refractivity contribution in [2.45, 2.75) is 31.4 Å². The van der Waals surface area contributed by atoms with Gasteiger partial charge in [0, 0.05) is 18.9 Å². The molecule has 4 nitrogen and oxygen atoms in total. The Morgan fingerprint density at radius 2 is 2.13 bits per heavy atom. The average molecular weight is 211 g/mol. The number of hydrogen-bond donors (Lipinski definition) is 1. The molecule has 4 aliphatic rings. The minimum absolute atomic E-state index is 0.0214. The third kappa shape index (κ3) is 1.66. The highest BCUT2D eigenvalue weighted by Crippen LogP contribution is 2.41. The van der Waals surface area contributed by atoms with Gasteiger partial charge in [0.15, 0.2) is 0 Å². The SMILES string of the molecule is O=C(OC1CCOCC1)C1C2CNC1C2. The standard InChI is InChI=1S/C11H17NO3/c13-11(10-7-5-9(10)12-6-7)15-8-1-3-14-4-2-8/h7-10,12H,1-6H2. The number of hydrogen-bond acceptors (Lipinski definition) is 4. The largest absolute Gasteiger partial charge is 0.462 e. The zero-order valence-corrected chi connectivity index (χ0v) is 8.78. The van der Waals surface area contributed by atoms with Crippen molar-refractivity contribution in [2.75, 3.05) is 19.8 Å². The molecule has 3 atom stereocenters. The van der Waals surface area contributed by atoms with Crippen LogP contribution in [0, 0.1) is 11.8 Å². The lowest BCUT2D eigenvalue weighted by Gasteiger charge is -2.34. The molecular weight excluding hydrogens is 194 g/mol. The van der Waals surface area contributed by atoms with Crippen molar-refractivity contribution in [2.24, 2.45) is 11.8 Å². The molecule has 1 N–H and O–H groups in total. The van der Waals surface area contributed by atoms with Crippen LogP contribution in [0.15, 0.2) is 0 Å². The fourth-order valence-corrected chi connectivity index (χ4v) is 2.87. The van der Waals surface area contributed by atoms with E-state index >= 15 is 0 Å². The van der Waals surface area contributed by atoms with Gasteiger partial charge >= 0.3 is 5.97 Å². The summed E-state index contributed by atoms with van der Waals surface area (Å²) in [6.07, 6.45) is 2.99. The van der Waals surface area contributed by atoms with Crippen molar-refractivity contribution < 1.29 is 14.3 Å². The van der Waals surface area contributed by atoms with Crippen LogP contribution in [0.25, 0.3) is 0 Å². The second kappa shape index (κ2) is 3.76. The molecule has 3 saturated heterocycles. The zero-order chi connectivity index (χ0) is 10.3. The molecule has 4 heteroatoms. The molecule has 0 aromatic rings. The molecule has 15 heavy (non-hydrogen) atoms. The Labute approximate surface area is 89.3 Å². The van der Waals surface area contributed by atoms with E-state index in [1.807, 2.05) is 0 Å². The molecule has 0 aromatic heterocycles. The van der Waals surface area contributed by atoms with Crippen molar-refractivity contribution in [1.82, 2.24) is 5.32 Å². The Hall–Kier alpha value is -0.610. The van der Waals surface area contributed by atoms with E-state index in [0.29, 0.717) is 12.0 Å². The molecule has 0 radical (unpaired) electrons. The molecule has 0 aromatic carbocycles. The molecular formula is C11H17NO3. The van der Waals surface area contributed by atoms with E-state index in [0.717, 1.165) is 39.0 Å². The molecule has 0 spiro atoms. The van der Waals surface area contributed by atoms with Gasteiger partial charge in [-0.25, -0.2) is 0 Å². The van der Waals surface area contributed by atoms with E-state index in [1.54, 1.807) is 0 Å². The lowest BCUT2D eigenvalue weighted by Crippen LogP contribution is -2.44. The molecule has 3 unspecified atom stereocenters. The van der Waals surface area contributed by atoms with Crippen LogP contribution in [-0.4, -0.2) is 37.9 Å². The van der Waals surface area contributed by atoms with Gasteiger partial charge in [-0.05, 0) is 18.9 Å². The first-order valence-electron chi connectivity index (χ1n) is 5.86. The highest BCUT2D eigenvalue weighted by molar-refractivity contribution is 5.75. The molecule has 1 saturated carbocycles. The monoisotopic (exact) mass is 211 g/mol. The predicted octanol–water partition coefficient (Wildman–Crippen LogP) is 0.317. The van der Waals surface area contributed by atoms with Crippen LogP contribution in [-0.2, 0) is 14.3 Å². The molecule has 84 valence electrons. The second-order valence-electron chi connectivity index (χ2n) is 4.78. The first-order valence-corrected chi connectivity index (χ1v) is 5.86. The fraction of sp³-hybridized carbons (Fsp3) is 0.909. The van der Waals surface area contributed by atoms with Crippen LogP contribution in [0.3, 0.4) is 0 Å². The number of ether oxygens (including phenoxy) is 2. The molecule has 3 aliphatic heterocycles. The van der Waals surface area contributed by atoms with Gasteiger partial charge in [-0.2, -0.15) is 0 Å². The number of nitrogens with one attached hydrogen (secondary N) is 1. The highest BCUT2D eigenvalue weighted by Gasteiger charge is 2.51. The number of fused-ring (bicyclic) bond motifs is 1. The number of carbonyl (C=O) groups excluding carboxylic acids is 1. The van der Waals surface area contributed by atoms with Crippen molar-refractivity contribution in [3.05, 3.63) is 0 Å². The topological polar surface area (TPSA) is 47.6 Å². The molecule has 4 rings (SSSR count). The van der Waals surface area contributed by atoms with E-state index in [-0.39, 0.29) is 18.0 Å². The Morgan fingerprint density at radius 3 is 2.73 bits per heavy atom. The third-order valence-corrected chi connectivity index (χ3v) is 3.86. The average Bonchev–Trinajstić information content (AvgIpc) is 2.80. The van der Waals surface area contributed by atoms with E-state index in [2.05, 4.69) is 5.32 Å². The summed E-state index contributed by atoms with van der Waals surface area (Å²) >= 11 is 0. The van der Waals surface area contributed by atoms with Crippen LogP contribution >= 0.6 is 0 Å². The summed E-state index contributed by atoms with van der Waals surface area (Å²) in [6, 6.07) is 0.405. The lowest BCUT2D eigenvalue weighted by molar-refractivity contribution is -0.163. The molecule has 3 heterocycles. The molecule has 0 amide bonds. The number of carbonyl (C=O) groups is 1. The Morgan fingerprint density at radius 1 is 1.33 bits per heavy atom. The maximum absolute atomic E-state index is 11.9. The summed E-state index contributed by atoms with van der Waals surface area (Å²) < 4.78 is 10.8. The van der Waals surface area contributed by atoms with Gasteiger partial charge in [-0.1, -0.05) is 0 Å². The van der Waals surface area contributed by atoms with Gasteiger partial charge in [0.05, 0.1) is 19.1 Å². The zero-order valence-electron chi connectivity index (χ0n) is 8.78. The van der Waals surface area contributed by atoms with Crippen LogP contribution < -0.4 is 5.32 Å². The maximum Gasteiger partial charge on any atom is 0.311 e. The van der Waals surface area contributed by atoms with E-state index in [1.165, 1.54) is 0 Å². The fourth-order valence-electron chi connectivity index (χ4n) is 2.87. The van der Waals surface area contributed by atoms with Crippen molar-refractivity contribution in [3.63, 3.8) is 0 Å². The van der Waals surface area contributed by atoms with E-state index in [4.69, 9.17) is 9.47 Å². The van der Waals surface area contributed by atoms with Gasteiger partial charge < -0.3 is 14.8 Å². The summed E-state index contributed by atoms with van der Waals surface area (Å²) in [5.41, 5.74) is 0. The quantitative estimate of drug-likeness (QED) is 0.668. The first-order chi connectivity index (χ1) is 7.34. The van der Waals surface area contributed by atoms with Crippen LogP contribution in [0.5, 0.6) is 0 Å². The number of rotatable bonds is 2. The number of esters is 1. The summed E-state index contributed by atoms with van der Waals surface area (Å²) in [4.78, 5) is 11.9. The summed E-state index contributed by atoms with van der Waals surface area (Å²) in [5, 5.41) is 3.34. The van der Waals surface area contributed by atoms with Gasteiger partial charge in [0.25, 0.3) is 0 Å². The third-order valence-electron chi connectivity index (χ3n) is 3.86.